The summed E-state index contributed by atoms with van der Waals surface area (Å²) in [5, 5.41) is 17.2. The van der Waals surface area contributed by atoms with Gasteiger partial charge in [0.15, 0.2) is 5.82 Å². The van der Waals surface area contributed by atoms with Gasteiger partial charge in [0.05, 0.1) is 11.2 Å². The minimum Gasteiger partial charge on any atom is -0.311 e. The summed E-state index contributed by atoms with van der Waals surface area (Å²) in [7, 11) is 0. The Kier molecular flexibility index (Phi) is 4.17. The van der Waals surface area contributed by atoms with E-state index in [-0.39, 0.29) is 6.04 Å². The molecule has 1 N–H and O–H groups in total. The van der Waals surface area contributed by atoms with Crippen molar-refractivity contribution < 1.29 is 0 Å². The molecule has 0 spiro atoms. The molecule has 5 aromatic rings. The molecule has 0 aliphatic heterocycles. The summed E-state index contributed by atoms with van der Waals surface area (Å²) in [5.41, 5.74) is 6.19. The van der Waals surface area contributed by atoms with Crippen molar-refractivity contribution in [2.24, 2.45) is 0 Å². The van der Waals surface area contributed by atoms with Gasteiger partial charge in [0.25, 0.3) is 0 Å². The smallest absolute Gasteiger partial charge is 0.164 e. The van der Waals surface area contributed by atoms with Crippen LogP contribution in [-0.4, -0.2) is 29.9 Å². The third-order valence-corrected chi connectivity index (χ3v) is 5.08. The van der Waals surface area contributed by atoms with Crippen molar-refractivity contribution in [1.29, 1.82) is 0 Å². The van der Waals surface area contributed by atoms with Crippen molar-refractivity contribution in [3.05, 3.63) is 73.3 Å². The van der Waals surface area contributed by atoms with Gasteiger partial charge in [-0.2, -0.15) is 5.10 Å². The predicted octanol–water partition coefficient (Wildman–Crippen LogP) is 5.13. The number of aromatic amines is 1. The van der Waals surface area contributed by atoms with E-state index in [0.717, 1.165) is 44.7 Å². The number of hydrogen-bond donors (Lipinski definition) is 1. The summed E-state index contributed by atoms with van der Waals surface area (Å²) >= 11 is 0. The quantitative estimate of drug-likeness (QED) is 0.469. The molecule has 0 radical (unpaired) electrons. The van der Waals surface area contributed by atoms with Gasteiger partial charge in [-0.05, 0) is 49.7 Å². The van der Waals surface area contributed by atoms with Gasteiger partial charge in [0.2, 0.25) is 0 Å². The highest BCUT2D eigenvalue weighted by Crippen LogP contribution is 2.32. The lowest BCUT2D eigenvalue weighted by molar-refractivity contribution is 0.604. The predicted molar refractivity (Wildman–Crippen MR) is 114 cm³/mol. The van der Waals surface area contributed by atoms with Gasteiger partial charge in [0.1, 0.15) is 6.33 Å². The van der Waals surface area contributed by atoms with Crippen molar-refractivity contribution in [3.8, 4) is 33.8 Å². The van der Waals surface area contributed by atoms with E-state index in [1.54, 1.807) is 12.5 Å². The summed E-state index contributed by atoms with van der Waals surface area (Å²) in [6.45, 7) is 4.25. The lowest BCUT2D eigenvalue weighted by Gasteiger charge is -2.10. The molecule has 0 atom stereocenters. The Hall–Kier alpha value is -3.80. The maximum Gasteiger partial charge on any atom is 0.164 e. The molecule has 29 heavy (non-hydrogen) atoms. The molecule has 5 rings (SSSR count). The van der Waals surface area contributed by atoms with Crippen LogP contribution in [0.2, 0.25) is 0 Å². The van der Waals surface area contributed by atoms with Gasteiger partial charge >= 0.3 is 0 Å². The molecule has 6 heteroatoms. The van der Waals surface area contributed by atoms with Crippen LogP contribution in [0.15, 0.2) is 73.3 Å². The Morgan fingerprint density at radius 1 is 0.897 bits per heavy atom. The number of rotatable bonds is 4. The highest BCUT2D eigenvalue weighted by molar-refractivity contribution is 5.95. The average molecular weight is 380 g/mol. The molecule has 0 aliphatic carbocycles. The summed E-state index contributed by atoms with van der Waals surface area (Å²) in [6.07, 6.45) is 5.43. The summed E-state index contributed by atoms with van der Waals surface area (Å²) in [4.78, 5) is 4.23. The Morgan fingerprint density at radius 3 is 2.59 bits per heavy atom. The van der Waals surface area contributed by atoms with Crippen LogP contribution in [-0.2, 0) is 0 Å². The highest BCUT2D eigenvalue weighted by atomic mass is 15.3. The first-order chi connectivity index (χ1) is 14.2. The zero-order chi connectivity index (χ0) is 19.8. The minimum absolute atomic E-state index is 0.288. The largest absolute Gasteiger partial charge is 0.311 e. The number of nitrogens with zero attached hydrogens (tertiary/aromatic N) is 5. The molecular formula is C23H20N6. The maximum atomic E-state index is 4.60. The van der Waals surface area contributed by atoms with E-state index in [0.29, 0.717) is 0 Å². The molecule has 142 valence electrons. The Balaban J connectivity index is 1.62. The van der Waals surface area contributed by atoms with Gasteiger partial charge in [-0.25, -0.2) is 0 Å². The van der Waals surface area contributed by atoms with Gasteiger partial charge in [-0.3, -0.25) is 10.1 Å². The zero-order valence-electron chi connectivity index (χ0n) is 16.2. The van der Waals surface area contributed by atoms with E-state index in [2.05, 4.69) is 86.3 Å². The molecule has 0 amide bonds. The maximum absolute atomic E-state index is 4.60. The van der Waals surface area contributed by atoms with Crippen molar-refractivity contribution in [2.75, 3.05) is 0 Å². The molecule has 0 saturated heterocycles. The van der Waals surface area contributed by atoms with Gasteiger partial charge < -0.3 is 4.57 Å². The van der Waals surface area contributed by atoms with Crippen LogP contribution >= 0.6 is 0 Å². The number of pyridine rings is 1. The lowest BCUT2D eigenvalue weighted by atomic mass is 10.0. The number of H-pyrrole nitrogens is 1. The summed E-state index contributed by atoms with van der Waals surface area (Å²) in [6, 6.07) is 18.9. The molecule has 6 nitrogen and oxygen atoms in total. The zero-order valence-corrected chi connectivity index (χ0v) is 16.2. The molecule has 0 unspecified atom stereocenters. The van der Waals surface area contributed by atoms with Gasteiger partial charge in [-0.1, -0.05) is 24.3 Å². The molecule has 3 heterocycles. The Morgan fingerprint density at radius 2 is 1.76 bits per heavy atom. The summed E-state index contributed by atoms with van der Waals surface area (Å²) < 4.78 is 2.07. The Labute approximate surface area is 168 Å². The fourth-order valence-corrected chi connectivity index (χ4v) is 3.58. The molecular weight excluding hydrogens is 360 g/mol. The molecule has 0 fully saturated rings. The van der Waals surface area contributed by atoms with Crippen LogP contribution in [0.25, 0.3) is 44.7 Å². The second kappa shape index (κ2) is 6.98. The third-order valence-electron chi connectivity index (χ3n) is 5.08. The molecule has 0 bridgehead atoms. The number of nitrogens with one attached hydrogen (secondary N) is 1. The van der Waals surface area contributed by atoms with E-state index >= 15 is 0 Å². The van der Waals surface area contributed by atoms with Crippen LogP contribution in [0.3, 0.4) is 0 Å². The van der Waals surface area contributed by atoms with E-state index in [1.807, 2.05) is 18.3 Å². The van der Waals surface area contributed by atoms with Crippen LogP contribution in [0, 0.1) is 0 Å². The second-order valence-corrected chi connectivity index (χ2v) is 7.31. The van der Waals surface area contributed by atoms with Crippen LogP contribution in [0.5, 0.6) is 0 Å². The second-order valence-electron chi connectivity index (χ2n) is 7.31. The van der Waals surface area contributed by atoms with Crippen molar-refractivity contribution in [2.45, 2.75) is 19.9 Å². The van der Waals surface area contributed by atoms with Crippen molar-refractivity contribution in [1.82, 2.24) is 29.9 Å². The van der Waals surface area contributed by atoms with E-state index in [9.17, 15) is 0 Å². The standard InChI is InChI=1S/C23H20N6/c1-15(2)29-14-25-28-23(29)18-8-9-21-20(12-18)22(27-26-21)17-6-3-5-16(11-17)19-7-4-10-24-13-19/h3-15H,1-2H3,(H,26,27). The molecule has 0 saturated carbocycles. The van der Waals surface area contributed by atoms with Crippen LogP contribution < -0.4 is 0 Å². The van der Waals surface area contributed by atoms with Crippen molar-refractivity contribution >= 4 is 10.9 Å². The first-order valence-corrected chi connectivity index (χ1v) is 9.59. The monoisotopic (exact) mass is 380 g/mol. The van der Waals surface area contributed by atoms with E-state index in [1.165, 1.54) is 0 Å². The fraction of sp³-hybridized carbons (Fsp3) is 0.130. The molecule has 0 aliphatic rings. The van der Waals surface area contributed by atoms with Crippen LogP contribution in [0.1, 0.15) is 19.9 Å². The normalized spacial score (nSPS) is 11.4. The first-order valence-electron chi connectivity index (χ1n) is 9.59. The number of aromatic nitrogens is 6. The lowest BCUT2D eigenvalue weighted by Crippen LogP contribution is -2.01. The van der Waals surface area contributed by atoms with E-state index in [4.69, 9.17) is 0 Å². The number of hydrogen-bond acceptors (Lipinski definition) is 4. The van der Waals surface area contributed by atoms with Gasteiger partial charge in [-0.15, -0.1) is 10.2 Å². The molecule has 3 aromatic heterocycles. The minimum atomic E-state index is 0.288. The fourth-order valence-electron chi connectivity index (χ4n) is 3.58. The average Bonchev–Trinajstić information content (AvgIpc) is 3.41. The first kappa shape index (κ1) is 17.3. The number of benzene rings is 2. The Bertz CT molecular complexity index is 1280. The number of fused-ring (bicyclic) bond motifs is 1. The molecule has 2 aromatic carbocycles. The third kappa shape index (κ3) is 3.08. The van der Waals surface area contributed by atoms with E-state index < -0.39 is 0 Å². The highest BCUT2D eigenvalue weighted by Gasteiger charge is 2.14. The van der Waals surface area contributed by atoms with Gasteiger partial charge in [0, 0.05) is 40.5 Å². The SMILES string of the molecule is CC(C)n1cnnc1-c1ccc2[nH]nc(-c3cccc(-c4cccnc4)c3)c2c1. The van der Waals surface area contributed by atoms with Crippen LogP contribution in [0.4, 0.5) is 0 Å². The topological polar surface area (TPSA) is 72.3 Å². The summed E-state index contributed by atoms with van der Waals surface area (Å²) in [5.74, 6) is 0.859. The van der Waals surface area contributed by atoms with Crippen molar-refractivity contribution in [3.63, 3.8) is 0 Å².